The van der Waals surface area contributed by atoms with Crippen LogP contribution in [0.15, 0.2) is 0 Å². The van der Waals surface area contributed by atoms with Gasteiger partial charge in [0, 0.05) is 0 Å². The first-order valence-corrected chi connectivity index (χ1v) is 6.48. The number of alkyl halides is 10. The molecule has 0 fully saturated rings. The van der Waals surface area contributed by atoms with Crippen molar-refractivity contribution in [1.82, 2.24) is 0 Å². The molecule has 0 rings (SSSR count). The van der Waals surface area contributed by atoms with Crippen molar-refractivity contribution in [3.8, 4) is 0 Å². The van der Waals surface area contributed by atoms with Crippen LogP contribution < -0.4 is 0 Å². The predicted molar refractivity (Wildman–Crippen MR) is 58.2 cm³/mol. The Hall–Kier alpha value is 0.360. The molecule has 0 heterocycles. The summed E-state index contributed by atoms with van der Waals surface area (Å²) in [6, 6.07) is 0. The van der Waals surface area contributed by atoms with E-state index in [1.54, 1.807) is 0 Å². The molecule has 0 aliphatic carbocycles. The van der Waals surface area contributed by atoms with Gasteiger partial charge in [-0.05, 0) is 0 Å². The smallest absolute Gasteiger partial charge is 0.379 e. The Balaban J connectivity index is 4.11. The van der Waals surface area contributed by atoms with E-state index < -0.39 is 47.6 Å². The van der Waals surface area contributed by atoms with Crippen molar-refractivity contribution >= 4 is 31.9 Å². The molecule has 0 saturated carbocycles. The van der Waals surface area contributed by atoms with Gasteiger partial charge in [-0.2, -0.15) is 26.3 Å². The third kappa shape index (κ3) is 7.07. The minimum absolute atomic E-state index is 0.854. The molecule has 0 saturated heterocycles. The Morgan fingerprint density at radius 3 is 1.21 bits per heavy atom. The molecular formula is C8H8Br2F8O. The van der Waals surface area contributed by atoms with Crippen molar-refractivity contribution in [2.75, 3.05) is 13.2 Å². The Morgan fingerprint density at radius 1 is 0.737 bits per heavy atom. The molecular weight excluding hydrogens is 424 g/mol. The summed E-state index contributed by atoms with van der Waals surface area (Å²) in [6.45, 7) is -1.71. The van der Waals surface area contributed by atoms with E-state index in [-0.39, 0.29) is 0 Å². The molecule has 0 radical (unpaired) electrons. The lowest BCUT2D eigenvalue weighted by Gasteiger charge is -2.20. The second-order valence-corrected chi connectivity index (χ2v) is 5.81. The van der Waals surface area contributed by atoms with E-state index in [4.69, 9.17) is 0 Å². The fourth-order valence-electron chi connectivity index (χ4n) is 0.872. The van der Waals surface area contributed by atoms with Crippen LogP contribution in [0.1, 0.15) is 0 Å². The van der Waals surface area contributed by atoms with Crippen molar-refractivity contribution < 1.29 is 39.9 Å². The van der Waals surface area contributed by atoms with E-state index in [9.17, 15) is 35.1 Å². The second kappa shape index (κ2) is 7.39. The molecule has 4 atom stereocenters. The largest absolute Gasteiger partial charge is 0.420 e. The molecule has 0 aliphatic heterocycles. The van der Waals surface area contributed by atoms with Gasteiger partial charge < -0.3 is 4.74 Å². The molecule has 4 unspecified atom stereocenters. The van der Waals surface area contributed by atoms with Crippen molar-refractivity contribution in [2.45, 2.75) is 34.4 Å². The van der Waals surface area contributed by atoms with Crippen LogP contribution in [0, 0.1) is 0 Å². The normalized spacial score (nSPS) is 19.9. The summed E-state index contributed by atoms with van der Waals surface area (Å²) in [6.07, 6.45) is -16.7. The van der Waals surface area contributed by atoms with Gasteiger partial charge in [0.2, 0.25) is 12.3 Å². The highest BCUT2D eigenvalue weighted by Crippen LogP contribution is 2.30. The molecule has 0 aromatic rings. The molecule has 0 aromatic carbocycles. The van der Waals surface area contributed by atoms with Gasteiger partial charge in [0.15, 0.2) is 0 Å². The van der Waals surface area contributed by atoms with Crippen LogP contribution in [0.3, 0.4) is 0 Å². The number of ether oxygens (including phenoxy) is 1. The molecule has 0 aromatic heterocycles. The minimum atomic E-state index is -5.11. The van der Waals surface area contributed by atoms with E-state index in [1.807, 2.05) is 0 Å². The van der Waals surface area contributed by atoms with Crippen molar-refractivity contribution in [1.29, 1.82) is 0 Å². The Kier molecular flexibility index (Phi) is 7.53. The summed E-state index contributed by atoms with van der Waals surface area (Å²) in [5, 5.41) is 0. The maximum atomic E-state index is 12.7. The molecule has 0 aliphatic rings. The maximum Gasteiger partial charge on any atom is 0.420 e. The van der Waals surface area contributed by atoms with Gasteiger partial charge in [0.05, 0.1) is 22.9 Å². The average Bonchev–Trinajstić information content (AvgIpc) is 2.23. The van der Waals surface area contributed by atoms with Gasteiger partial charge in [-0.1, -0.05) is 31.9 Å². The number of rotatable bonds is 6. The quantitative estimate of drug-likeness (QED) is 0.449. The first kappa shape index (κ1) is 19.4. The summed E-state index contributed by atoms with van der Waals surface area (Å²) in [5.74, 6) is 0. The van der Waals surface area contributed by atoms with E-state index in [2.05, 4.69) is 36.6 Å². The first-order valence-electron chi connectivity index (χ1n) is 4.64. The van der Waals surface area contributed by atoms with Crippen molar-refractivity contribution in [3.63, 3.8) is 0 Å². The predicted octanol–water partition coefficient (Wildman–Crippen LogP) is 4.33. The van der Waals surface area contributed by atoms with E-state index in [0.717, 1.165) is 0 Å². The van der Waals surface area contributed by atoms with Gasteiger partial charge in [-0.3, -0.25) is 0 Å². The zero-order valence-electron chi connectivity index (χ0n) is 8.91. The van der Waals surface area contributed by atoms with Crippen LogP contribution >= 0.6 is 31.9 Å². The van der Waals surface area contributed by atoms with Crippen LogP contribution in [0.25, 0.3) is 0 Å². The zero-order chi connectivity index (χ0) is 15.4. The maximum absolute atomic E-state index is 12.7. The molecule has 116 valence electrons. The first-order chi connectivity index (χ1) is 8.37. The molecule has 0 amide bonds. The van der Waals surface area contributed by atoms with Crippen LogP contribution in [0.5, 0.6) is 0 Å². The molecule has 0 spiro atoms. The lowest BCUT2D eigenvalue weighted by Crippen LogP contribution is -2.38. The highest BCUT2D eigenvalue weighted by molar-refractivity contribution is 9.09. The fraction of sp³-hybridized carbons (Fsp3) is 1.00. The Labute approximate surface area is 119 Å². The van der Waals surface area contributed by atoms with Gasteiger partial charge in [-0.15, -0.1) is 0 Å². The van der Waals surface area contributed by atoms with Gasteiger partial charge in [0.25, 0.3) is 0 Å². The SMILES string of the molecule is FC(C(Br)COCC(Br)C(F)C(F)(F)F)C(F)(F)F. The van der Waals surface area contributed by atoms with E-state index in [0.29, 0.717) is 0 Å². The molecule has 1 nitrogen and oxygen atoms in total. The summed E-state index contributed by atoms with van der Waals surface area (Å²) < 4.78 is 101. The monoisotopic (exact) mass is 430 g/mol. The third-order valence-corrected chi connectivity index (χ3v) is 3.27. The standard InChI is InChI=1S/C8H8Br2F8O/c9-3(5(11)7(13,14)15)1-19-2-4(10)6(12)8(16,17)18/h3-6H,1-2H2. The molecule has 19 heavy (non-hydrogen) atoms. The summed E-state index contributed by atoms with van der Waals surface area (Å²) >= 11 is 4.71. The van der Waals surface area contributed by atoms with Gasteiger partial charge >= 0.3 is 12.4 Å². The van der Waals surface area contributed by atoms with Crippen LogP contribution in [-0.2, 0) is 4.74 Å². The van der Waals surface area contributed by atoms with E-state index >= 15 is 0 Å². The highest BCUT2D eigenvalue weighted by Gasteiger charge is 2.46. The van der Waals surface area contributed by atoms with Crippen molar-refractivity contribution in [3.05, 3.63) is 0 Å². The lowest BCUT2D eigenvalue weighted by atomic mass is 10.2. The summed E-state index contributed by atoms with van der Waals surface area (Å²) in [5.41, 5.74) is 0. The number of hydrogen-bond donors (Lipinski definition) is 0. The second-order valence-electron chi connectivity index (χ2n) is 3.46. The molecule has 0 bridgehead atoms. The lowest BCUT2D eigenvalue weighted by molar-refractivity contribution is -0.185. The zero-order valence-corrected chi connectivity index (χ0v) is 12.1. The Bertz CT molecular complexity index is 242. The van der Waals surface area contributed by atoms with Gasteiger partial charge in [0.1, 0.15) is 0 Å². The van der Waals surface area contributed by atoms with Crippen LogP contribution in [0.4, 0.5) is 35.1 Å². The van der Waals surface area contributed by atoms with Crippen LogP contribution in [-0.4, -0.2) is 47.6 Å². The minimum Gasteiger partial charge on any atom is -0.379 e. The fourth-order valence-corrected chi connectivity index (χ4v) is 1.85. The summed E-state index contributed by atoms with van der Waals surface area (Å²) in [4.78, 5) is -3.56. The number of hydrogen-bond acceptors (Lipinski definition) is 1. The summed E-state index contributed by atoms with van der Waals surface area (Å²) in [7, 11) is 0. The Morgan fingerprint density at radius 2 is 1.00 bits per heavy atom. The topological polar surface area (TPSA) is 9.23 Å². The van der Waals surface area contributed by atoms with Crippen molar-refractivity contribution in [2.24, 2.45) is 0 Å². The molecule has 11 heteroatoms. The highest BCUT2D eigenvalue weighted by atomic mass is 79.9. The third-order valence-electron chi connectivity index (χ3n) is 1.81. The molecule has 0 N–H and O–H groups in total. The number of halogens is 10. The van der Waals surface area contributed by atoms with Crippen LogP contribution in [0.2, 0.25) is 0 Å². The van der Waals surface area contributed by atoms with Gasteiger partial charge in [-0.25, -0.2) is 8.78 Å². The van der Waals surface area contributed by atoms with E-state index in [1.165, 1.54) is 0 Å². The average molecular weight is 432 g/mol.